The first-order valence-electron chi connectivity index (χ1n) is 4.43. The van der Waals surface area contributed by atoms with Gasteiger partial charge in [0.1, 0.15) is 5.75 Å². The summed E-state index contributed by atoms with van der Waals surface area (Å²) in [4.78, 5) is 0. The highest BCUT2D eigenvalue weighted by molar-refractivity contribution is 6.20. The highest BCUT2D eigenvalue weighted by Gasteiger charge is 2.11. The molecular weight excluding hydrogens is 184 g/mol. The molecule has 0 aliphatic rings. The van der Waals surface area contributed by atoms with Gasteiger partial charge in [-0.2, -0.15) is 0 Å². The third-order valence-electron chi connectivity index (χ3n) is 2.02. The predicted octanol–water partition coefficient (Wildman–Crippen LogP) is 3.63. The quantitative estimate of drug-likeness (QED) is 0.674. The lowest BCUT2D eigenvalue weighted by Crippen LogP contribution is -1.98. The minimum atomic E-state index is 0.0888. The fourth-order valence-electron chi connectivity index (χ4n) is 1.17. The van der Waals surface area contributed by atoms with Gasteiger partial charge in [0.05, 0.1) is 12.5 Å². The summed E-state index contributed by atoms with van der Waals surface area (Å²) in [5, 5.41) is 0.0888. The van der Waals surface area contributed by atoms with E-state index >= 15 is 0 Å². The van der Waals surface area contributed by atoms with Crippen LogP contribution in [0.25, 0.3) is 0 Å². The van der Waals surface area contributed by atoms with Crippen LogP contribution in [0, 0.1) is 5.92 Å². The highest BCUT2D eigenvalue weighted by Crippen LogP contribution is 2.29. The van der Waals surface area contributed by atoms with E-state index in [4.69, 9.17) is 16.3 Å². The smallest absolute Gasteiger partial charge is 0.118 e. The molecule has 0 spiro atoms. The standard InChI is InChI=1S/C11H15ClO/c1-8(2)11(12)9-4-6-10(13-3)7-5-9/h4-8,11H,1-3H3. The Morgan fingerprint density at radius 3 is 2.08 bits per heavy atom. The molecule has 0 aliphatic carbocycles. The molecule has 0 amide bonds. The van der Waals surface area contributed by atoms with Crippen molar-refractivity contribution in [2.24, 2.45) is 5.92 Å². The van der Waals surface area contributed by atoms with Crippen molar-refractivity contribution in [2.75, 3.05) is 7.11 Å². The summed E-state index contributed by atoms with van der Waals surface area (Å²) in [7, 11) is 1.66. The molecule has 0 aliphatic heterocycles. The summed E-state index contributed by atoms with van der Waals surface area (Å²) in [5.41, 5.74) is 1.15. The maximum absolute atomic E-state index is 6.20. The van der Waals surface area contributed by atoms with Gasteiger partial charge in [0.15, 0.2) is 0 Å². The fourth-order valence-corrected chi connectivity index (χ4v) is 1.32. The molecule has 1 aromatic carbocycles. The zero-order valence-electron chi connectivity index (χ0n) is 8.25. The summed E-state index contributed by atoms with van der Waals surface area (Å²) in [6, 6.07) is 7.90. The molecule has 0 heterocycles. The van der Waals surface area contributed by atoms with Gasteiger partial charge in [-0.25, -0.2) is 0 Å². The lowest BCUT2D eigenvalue weighted by Gasteiger charge is -2.13. The summed E-state index contributed by atoms with van der Waals surface area (Å²) >= 11 is 6.20. The third-order valence-corrected chi connectivity index (χ3v) is 2.78. The van der Waals surface area contributed by atoms with Gasteiger partial charge in [-0.15, -0.1) is 11.6 Å². The summed E-state index contributed by atoms with van der Waals surface area (Å²) in [5.74, 6) is 1.33. The van der Waals surface area contributed by atoms with Crippen LogP contribution in [0.5, 0.6) is 5.75 Å². The van der Waals surface area contributed by atoms with Gasteiger partial charge in [-0.3, -0.25) is 0 Å². The minimum Gasteiger partial charge on any atom is -0.497 e. The number of benzene rings is 1. The van der Waals surface area contributed by atoms with Gasteiger partial charge < -0.3 is 4.74 Å². The van der Waals surface area contributed by atoms with Crippen LogP contribution < -0.4 is 4.74 Å². The number of hydrogen-bond donors (Lipinski definition) is 0. The van der Waals surface area contributed by atoms with Gasteiger partial charge in [-0.05, 0) is 23.6 Å². The Hall–Kier alpha value is -0.690. The second-order valence-corrected chi connectivity index (χ2v) is 3.89. The van der Waals surface area contributed by atoms with Crippen LogP contribution in [-0.2, 0) is 0 Å². The van der Waals surface area contributed by atoms with Crippen molar-refractivity contribution in [1.29, 1.82) is 0 Å². The zero-order valence-corrected chi connectivity index (χ0v) is 9.01. The van der Waals surface area contributed by atoms with Crippen molar-refractivity contribution in [3.05, 3.63) is 29.8 Å². The van der Waals surface area contributed by atoms with Crippen molar-refractivity contribution >= 4 is 11.6 Å². The van der Waals surface area contributed by atoms with Crippen LogP contribution in [0.3, 0.4) is 0 Å². The largest absolute Gasteiger partial charge is 0.497 e. The van der Waals surface area contributed by atoms with Gasteiger partial charge in [0.2, 0.25) is 0 Å². The number of alkyl halides is 1. The molecule has 1 atom stereocenters. The molecule has 0 bridgehead atoms. The van der Waals surface area contributed by atoms with Crippen molar-refractivity contribution in [1.82, 2.24) is 0 Å². The zero-order chi connectivity index (χ0) is 9.84. The average Bonchev–Trinajstić information content (AvgIpc) is 2.17. The normalized spacial score (nSPS) is 13.0. The molecule has 1 unspecified atom stereocenters. The number of halogens is 1. The van der Waals surface area contributed by atoms with E-state index in [1.165, 1.54) is 0 Å². The topological polar surface area (TPSA) is 9.23 Å². The van der Waals surface area contributed by atoms with Gasteiger partial charge in [0.25, 0.3) is 0 Å². The van der Waals surface area contributed by atoms with Crippen LogP contribution in [0.15, 0.2) is 24.3 Å². The van der Waals surface area contributed by atoms with Crippen molar-refractivity contribution < 1.29 is 4.74 Å². The number of rotatable bonds is 3. The molecule has 1 rings (SSSR count). The van der Waals surface area contributed by atoms with Crippen molar-refractivity contribution in [3.63, 3.8) is 0 Å². The molecule has 0 saturated carbocycles. The number of methoxy groups -OCH3 is 1. The van der Waals surface area contributed by atoms with Crippen LogP contribution in [-0.4, -0.2) is 7.11 Å². The van der Waals surface area contributed by atoms with E-state index in [0.29, 0.717) is 5.92 Å². The predicted molar refractivity (Wildman–Crippen MR) is 56.4 cm³/mol. The molecular formula is C11H15ClO. The molecule has 0 aromatic heterocycles. The Kier molecular flexibility index (Phi) is 3.61. The maximum Gasteiger partial charge on any atom is 0.118 e. The third kappa shape index (κ3) is 2.63. The van der Waals surface area contributed by atoms with E-state index in [1.807, 2.05) is 24.3 Å². The van der Waals surface area contributed by atoms with Gasteiger partial charge in [-0.1, -0.05) is 26.0 Å². The second-order valence-electron chi connectivity index (χ2n) is 3.42. The number of hydrogen-bond acceptors (Lipinski definition) is 1. The molecule has 0 radical (unpaired) electrons. The summed E-state index contributed by atoms with van der Waals surface area (Å²) in [6.07, 6.45) is 0. The Bertz CT molecular complexity index is 253. The van der Waals surface area contributed by atoms with Crippen molar-refractivity contribution in [3.8, 4) is 5.75 Å². The molecule has 0 fully saturated rings. The van der Waals surface area contributed by atoms with E-state index in [1.54, 1.807) is 7.11 Å². The summed E-state index contributed by atoms with van der Waals surface area (Å²) < 4.78 is 5.07. The summed E-state index contributed by atoms with van der Waals surface area (Å²) in [6.45, 7) is 4.23. The lowest BCUT2D eigenvalue weighted by atomic mass is 10.0. The van der Waals surface area contributed by atoms with E-state index < -0.39 is 0 Å². The SMILES string of the molecule is COc1ccc(C(Cl)C(C)C)cc1. The van der Waals surface area contributed by atoms with Crippen LogP contribution in [0.1, 0.15) is 24.8 Å². The van der Waals surface area contributed by atoms with E-state index in [9.17, 15) is 0 Å². The monoisotopic (exact) mass is 198 g/mol. The molecule has 2 heteroatoms. The minimum absolute atomic E-state index is 0.0888. The fraction of sp³-hybridized carbons (Fsp3) is 0.455. The van der Waals surface area contributed by atoms with Crippen LogP contribution >= 0.6 is 11.6 Å². The first-order chi connectivity index (χ1) is 6.15. The molecule has 72 valence electrons. The van der Waals surface area contributed by atoms with Crippen LogP contribution in [0.2, 0.25) is 0 Å². The Balaban J connectivity index is 2.79. The van der Waals surface area contributed by atoms with E-state index in [2.05, 4.69) is 13.8 Å². The average molecular weight is 199 g/mol. The second kappa shape index (κ2) is 4.52. The van der Waals surface area contributed by atoms with E-state index in [-0.39, 0.29) is 5.38 Å². The Morgan fingerprint density at radius 1 is 1.15 bits per heavy atom. The highest BCUT2D eigenvalue weighted by atomic mass is 35.5. The van der Waals surface area contributed by atoms with Gasteiger partial charge >= 0.3 is 0 Å². The maximum atomic E-state index is 6.20. The first-order valence-corrected chi connectivity index (χ1v) is 4.87. The van der Waals surface area contributed by atoms with Gasteiger partial charge in [0, 0.05) is 0 Å². The van der Waals surface area contributed by atoms with Crippen LogP contribution in [0.4, 0.5) is 0 Å². The number of ether oxygens (including phenoxy) is 1. The van der Waals surface area contributed by atoms with Crippen molar-refractivity contribution in [2.45, 2.75) is 19.2 Å². The Labute approximate surface area is 84.7 Å². The lowest BCUT2D eigenvalue weighted by molar-refractivity contribution is 0.414. The molecule has 0 N–H and O–H groups in total. The first kappa shape index (κ1) is 10.4. The molecule has 1 nitrogen and oxygen atoms in total. The Morgan fingerprint density at radius 2 is 1.69 bits per heavy atom. The molecule has 13 heavy (non-hydrogen) atoms. The molecule has 0 saturated heterocycles. The van der Waals surface area contributed by atoms with E-state index in [0.717, 1.165) is 11.3 Å². The molecule has 1 aromatic rings.